The first-order valence-electron chi connectivity index (χ1n) is 4.45. The van der Waals surface area contributed by atoms with Gasteiger partial charge < -0.3 is 10.0 Å². The van der Waals surface area contributed by atoms with Gasteiger partial charge in [-0.25, -0.2) is 0 Å². The second-order valence-corrected chi connectivity index (χ2v) is 3.65. The van der Waals surface area contributed by atoms with E-state index in [4.69, 9.17) is 0 Å². The van der Waals surface area contributed by atoms with Gasteiger partial charge >= 0.3 is 0 Å². The van der Waals surface area contributed by atoms with Crippen LogP contribution in [0.5, 0.6) is 0 Å². The Bertz CT molecular complexity index is 345. The molecule has 1 heterocycles. The van der Waals surface area contributed by atoms with E-state index in [1.54, 1.807) is 11.9 Å². The van der Waals surface area contributed by atoms with Crippen LogP contribution in [0.4, 0.5) is 0 Å². The molecule has 14 heavy (non-hydrogen) atoms. The molecule has 1 saturated heterocycles. The van der Waals surface area contributed by atoms with Crippen LogP contribution in [0.2, 0.25) is 0 Å². The normalized spacial score (nSPS) is 31.5. The van der Waals surface area contributed by atoms with E-state index in [1.807, 2.05) is 6.92 Å². The lowest BCUT2D eigenvalue weighted by molar-refractivity contribution is -0.131. The van der Waals surface area contributed by atoms with Gasteiger partial charge in [0.05, 0.1) is 6.04 Å². The molecule has 0 radical (unpaired) electrons. The Labute approximate surface area is 81.5 Å². The number of likely N-dealkylation sites (N-methyl/N-ethyl adjacent to an activating group) is 1. The highest BCUT2D eigenvalue weighted by atomic mass is 16.3. The predicted octanol–water partition coefficient (Wildman–Crippen LogP) is -0.357. The van der Waals surface area contributed by atoms with Crippen LogP contribution in [0.1, 0.15) is 6.92 Å². The summed E-state index contributed by atoms with van der Waals surface area (Å²) in [5.74, 6) is -1.07. The van der Waals surface area contributed by atoms with E-state index < -0.39 is 17.7 Å². The third kappa shape index (κ3) is 1.04. The van der Waals surface area contributed by atoms with Crippen LogP contribution in [-0.4, -0.2) is 40.8 Å². The Balaban J connectivity index is 2.50. The number of aliphatic hydroxyl groups excluding tert-OH is 1. The smallest absolute Gasteiger partial charge is 0.227 e. The minimum absolute atomic E-state index is 0.0915. The lowest BCUT2D eigenvalue weighted by Gasteiger charge is -2.19. The third-order valence-corrected chi connectivity index (χ3v) is 2.86. The summed E-state index contributed by atoms with van der Waals surface area (Å²) in [7, 11) is 1.80. The van der Waals surface area contributed by atoms with Crippen molar-refractivity contribution in [2.24, 2.45) is 0 Å². The van der Waals surface area contributed by atoms with Gasteiger partial charge in [-0.05, 0) is 13.0 Å². The van der Waals surface area contributed by atoms with Crippen LogP contribution in [0.3, 0.4) is 0 Å². The zero-order valence-corrected chi connectivity index (χ0v) is 8.02. The number of hydrogen-bond acceptors (Lipinski definition) is 4. The van der Waals surface area contributed by atoms with E-state index in [1.165, 1.54) is 12.2 Å². The van der Waals surface area contributed by atoms with Crippen molar-refractivity contribution in [3.05, 3.63) is 23.4 Å². The van der Waals surface area contributed by atoms with E-state index in [2.05, 4.69) is 0 Å². The quantitative estimate of drug-likeness (QED) is 0.422. The third-order valence-electron chi connectivity index (χ3n) is 2.86. The first kappa shape index (κ1) is 9.15. The maximum absolute atomic E-state index is 11.1. The highest BCUT2D eigenvalue weighted by molar-refractivity contribution is 6.46. The molecule has 1 fully saturated rings. The van der Waals surface area contributed by atoms with E-state index in [0.29, 0.717) is 11.3 Å². The summed E-state index contributed by atoms with van der Waals surface area (Å²) in [6, 6.07) is -0.0915. The van der Waals surface area contributed by atoms with E-state index in [-0.39, 0.29) is 6.04 Å². The molecule has 0 amide bonds. The van der Waals surface area contributed by atoms with Gasteiger partial charge in [0.15, 0.2) is 0 Å². The lowest BCUT2D eigenvalue weighted by Crippen LogP contribution is -2.28. The van der Waals surface area contributed by atoms with Gasteiger partial charge in [0.2, 0.25) is 11.6 Å². The van der Waals surface area contributed by atoms with Crippen molar-refractivity contribution < 1.29 is 14.7 Å². The summed E-state index contributed by atoms with van der Waals surface area (Å²) >= 11 is 0. The van der Waals surface area contributed by atoms with Crippen LogP contribution in [0, 0.1) is 0 Å². The average molecular weight is 193 g/mol. The molecule has 0 saturated carbocycles. The van der Waals surface area contributed by atoms with E-state index in [0.717, 1.165) is 0 Å². The molecule has 2 aliphatic rings. The molecule has 0 aromatic carbocycles. The van der Waals surface area contributed by atoms with Crippen molar-refractivity contribution >= 4 is 11.6 Å². The summed E-state index contributed by atoms with van der Waals surface area (Å²) in [4.78, 5) is 24.0. The highest BCUT2D eigenvalue weighted by Crippen LogP contribution is 2.33. The molecule has 1 N–H and O–H groups in total. The number of hydrogen-bond donors (Lipinski definition) is 1. The molecular weight excluding hydrogens is 182 g/mol. The number of fused-ring (bicyclic) bond motifs is 1. The highest BCUT2D eigenvalue weighted by Gasteiger charge is 2.38. The van der Waals surface area contributed by atoms with Crippen LogP contribution in [0.25, 0.3) is 0 Å². The number of ketones is 2. The molecule has 4 heteroatoms. The molecule has 0 spiro atoms. The fourth-order valence-corrected chi connectivity index (χ4v) is 1.80. The van der Waals surface area contributed by atoms with Gasteiger partial charge in [-0.1, -0.05) is 0 Å². The number of allylic oxidation sites excluding steroid dienone is 2. The molecule has 0 aromatic rings. The molecule has 2 rings (SSSR count). The number of carbonyl (C=O) groups is 2. The molecule has 2 atom stereocenters. The molecule has 0 bridgehead atoms. The van der Waals surface area contributed by atoms with Crippen LogP contribution in [0.15, 0.2) is 23.4 Å². The summed E-state index contributed by atoms with van der Waals surface area (Å²) in [6.07, 6.45) is 1.86. The predicted molar refractivity (Wildman–Crippen MR) is 49.4 cm³/mol. The summed E-state index contributed by atoms with van der Waals surface area (Å²) < 4.78 is 0. The van der Waals surface area contributed by atoms with Crippen LogP contribution in [-0.2, 0) is 9.59 Å². The first-order valence-corrected chi connectivity index (χ1v) is 4.45. The van der Waals surface area contributed by atoms with Crippen molar-refractivity contribution in [2.75, 3.05) is 7.05 Å². The number of carbonyl (C=O) groups excluding carboxylic acids is 2. The van der Waals surface area contributed by atoms with Gasteiger partial charge in [0, 0.05) is 24.4 Å². The van der Waals surface area contributed by atoms with Crippen molar-refractivity contribution in [2.45, 2.75) is 19.1 Å². The Hall–Kier alpha value is -1.42. The Morgan fingerprint density at radius 1 is 1.29 bits per heavy atom. The molecule has 0 aromatic heterocycles. The van der Waals surface area contributed by atoms with Gasteiger partial charge in [-0.15, -0.1) is 0 Å². The van der Waals surface area contributed by atoms with Crippen LogP contribution >= 0.6 is 0 Å². The summed E-state index contributed by atoms with van der Waals surface area (Å²) in [6.45, 7) is 1.85. The minimum atomic E-state index is -0.678. The second-order valence-electron chi connectivity index (χ2n) is 3.65. The zero-order valence-electron chi connectivity index (χ0n) is 8.02. The zero-order chi connectivity index (χ0) is 10.5. The Morgan fingerprint density at radius 2 is 1.86 bits per heavy atom. The summed E-state index contributed by atoms with van der Waals surface area (Å²) in [5, 5.41) is 9.75. The SMILES string of the molecule is CC1C(O)C2=CC(=O)C(=O)C=C2N1C. The largest absolute Gasteiger partial charge is 0.386 e. The average Bonchev–Trinajstić information content (AvgIpc) is 2.34. The van der Waals surface area contributed by atoms with Gasteiger partial charge in [0.25, 0.3) is 0 Å². The molecule has 4 nitrogen and oxygen atoms in total. The van der Waals surface area contributed by atoms with Crippen molar-refractivity contribution in [1.82, 2.24) is 4.90 Å². The van der Waals surface area contributed by atoms with Crippen molar-refractivity contribution in [3.8, 4) is 0 Å². The Morgan fingerprint density at radius 3 is 2.50 bits per heavy atom. The fourth-order valence-electron chi connectivity index (χ4n) is 1.80. The van der Waals surface area contributed by atoms with Crippen molar-refractivity contribution in [1.29, 1.82) is 0 Å². The number of rotatable bonds is 0. The monoisotopic (exact) mass is 193 g/mol. The Kier molecular flexibility index (Phi) is 1.82. The van der Waals surface area contributed by atoms with Gasteiger partial charge in [-0.2, -0.15) is 0 Å². The summed E-state index contributed by atoms with van der Waals surface area (Å²) in [5.41, 5.74) is 1.22. The maximum atomic E-state index is 11.1. The maximum Gasteiger partial charge on any atom is 0.227 e. The topological polar surface area (TPSA) is 57.6 Å². The fraction of sp³-hybridized carbons (Fsp3) is 0.400. The minimum Gasteiger partial charge on any atom is -0.386 e. The molecular formula is C10H11NO3. The molecule has 2 unspecified atom stereocenters. The second kappa shape index (κ2) is 2.78. The van der Waals surface area contributed by atoms with Gasteiger partial charge in [-0.3, -0.25) is 9.59 Å². The molecule has 74 valence electrons. The van der Waals surface area contributed by atoms with Crippen LogP contribution < -0.4 is 0 Å². The molecule has 1 aliphatic carbocycles. The van der Waals surface area contributed by atoms with E-state index in [9.17, 15) is 14.7 Å². The standard InChI is InChI=1S/C10H11NO3/c1-5-10(14)6-3-8(12)9(13)4-7(6)11(5)2/h3-5,10,14H,1-2H3. The lowest BCUT2D eigenvalue weighted by atomic mass is 9.99. The van der Waals surface area contributed by atoms with E-state index >= 15 is 0 Å². The number of nitrogens with zero attached hydrogens (tertiary/aromatic N) is 1. The number of aliphatic hydroxyl groups is 1. The first-order chi connectivity index (χ1) is 6.52. The number of likely N-dealkylation sites (tertiary alicyclic amines) is 1. The van der Waals surface area contributed by atoms with Gasteiger partial charge in [0.1, 0.15) is 6.10 Å². The molecule has 1 aliphatic heterocycles. The van der Waals surface area contributed by atoms with Crippen molar-refractivity contribution in [3.63, 3.8) is 0 Å².